The maximum atomic E-state index is 12.6. The van der Waals surface area contributed by atoms with Crippen LogP contribution in [0.5, 0.6) is 0 Å². The molecule has 3 N–H and O–H groups in total. The molecular weight excluding hydrogens is 347 g/mol. The van der Waals surface area contributed by atoms with Crippen LogP contribution in [-0.4, -0.2) is 28.3 Å². The van der Waals surface area contributed by atoms with Gasteiger partial charge in [0.05, 0.1) is 10.6 Å². The molecule has 0 saturated heterocycles. The average Bonchev–Trinajstić information content (AvgIpc) is 2.93. The Balaban J connectivity index is 0.00000288. The standard InChI is InChI=1S/C17H23ClN4O.ClH/c1-3-4-7-12(10-19)20-17(23)14-11-22(2)21-16(14)13-8-5-6-9-15(13)18;/h5-6,8-9,11-12H,3-4,7,10,19H2,1-2H3,(H,20,23);1H. The third-order valence-electron chi connectivity index (χ3n) is 3.73. The summed E-state index contributed by atoms with van der Waals surface area (Å²) in [7, 11) is 1.79. The first kappa shape index (κ1) is 20.5. The molecule has 0 fully saturated rings. The van der Waals surface area contributed by atoms with E-state index in [-0.39, 0.29) is 24.4 Å². The molecule has 5 nitrogen and oxygen atoms in total. The van der Waals surface area contributed by atoms with Crippen LogP contribution in [-0.2, 0) is 7.05 Å². The van der Waals surface area contributed by atoms with Gasteiger partial charge in [-0.05, 0) is 12.5 Å². The van der Waals surface area contributed by atoms with Crippen LogP contribution in [0, 0.1) is 0 Å². The summed E-state index contributed by atoms with van der Waals surface area (Å²) in [4.78, 5) is 12.6. The van der Waals surface area contributed by atoms with Crippen LogP contribution >= 0.6 is 24.0 Å². The van der Waals surface area contributed by atoms with Crippen molar-refractivity contribution in [2.75, 3.05) is 6.54 Å². The summed E-state index contributed by atoms with van der Waals surface area (Å²) in [5, 5.41) is 7.97. The van der Waals surface area contributed by atoms with Crippen molar-refractivity contribution in [3.8, 4) is 11.3 Å². The molecule has 2 aromatic rings. The molecule has 0 bridgehead atoms. The minimum absolute atomic E-state index is 0. The average molecular weight is 371 g/mol. The molecule has 2 rings (SSSR count). The van der Waals surface area contributed by atoms with Gasteiger partial charge in [-0.15, -0.1) is 12.4 Å². The lowest BCUT2D eigenvalue weighted by Crippen LogP contribution is -2.40. The van der Waals surface area contributed by atoms with E-state index in [1.165, 1.54) is 0 Å². The third-order valence-corrected chi connectivity index (χ3v) is 4.06. The fourth-order valence-electron chi connectivity index (χ4n) is 2.47. The summed E-state index contributed by atoms with van der Waals surface area (Å²) in [6, 6.07) is 7.35. The number of hydrogen-bond donors (Lipinski definition) is 2. The van der Waals surface area contributed by atoms with Crippen molar-refractivity contribution in [2.45, 2.75) is 32.2 Å². The molecule has 1 heterocycles. The quantitative estimate of drug-likeness (QED) is 0.783. The molecule has 24 heavy (non-hydrogen) atoms. The highest BCUT2D eigenvalue weighted by molar-refractivity contribution is 6.33. The van der Waals surface area contributed by atoms with Crippen molar-refractivity contribution in [1.29, 1.82) is 0 Å². The molecule has 7 heteroatoms. The number of amides is 1. The molecule has 0 radical (unpaired) electrons. The van der Waals surface area contributed by atoms with Gasteiger partial charge in [0.2, 0.25) is 0 Å². The zero-order valence-electron chi connectivity index (χ0n) is 14.0. The van der Waals surface area contributed by atoms with Gasteiger partial charge < -0.3 is 11.1 Å². The fourth-order valence-corrected chi connectivity index (χ4v) is 2.69. The summed E-state index contributed by atoms with van der Waals surface area (Å²) < 4.78 is 1.62. The Morgan fingerprint density at radius 1 is 1.42 bits per heavy atom. The largest absolute Gasteiger partial charge is 0.348 e. The van der Waals surface area contributed by atoms with Crippen molar-refractivity contribution in [3.05, 3.63) is 41.0 Å². The molecule has 0 aliphatic carbocycles. The smallest absolute Gasteiger partial charge is 0.255 e. The van der Waals surface area contributed by atoms with Gasteiger partial charge in [0, 0.05) is 31.4 Å². The minimum atomic E-state index is -0.167. The second kappa shape index (κ2) is 9.67. The van der Waals surface area contributed by atoms with Gasteiger partial charge in [0.1, 0.15) is 5.69 Å². The molecule has 0 aliphatic rings. The fraction of sp³-hybridized carbons (Fsp3) is 0.412. The first-order valence-electron chi connectivity index (χ1n) is 7.86. The van der Waals surface area contributed by atoms with Gasteiger partial charge in [-0.3, -0.25) is 9.48 Å². The van der Waals surface area contributed by atoms with E-state index in [4.69, 9.17) is 17.3 Å². The molecule has 0 spiro atoms. The molecular formula is C17H24Cl2N4O. The van der Waals surface area contributed by atoms with E-state index in [0.717, 1.165) is 24.8 Å². The van der Waals surface area contributed by atoms with Crippen LogP contribution in [0.1, 0.15) is 36.5 Å². The number of benzene rings is 1. The van der Waals surface area contributed by atoms with Crippen LogP contribution < -0.4 is 11.1 Å². The summed E-state index contributed by atoms with van der Waals surface area (Å²) in [5.74, 6) is -0.167. The van der Waals surface area contributed by atoms with Crippen LogP contribution in [0.15, 0.2) is 30.5 Å². The number of aryl methyl sites for hydroxylation is 1. The molecule has 1 unspecified atom stereocenters. The van der Waals surface area contributed by atoms with Crippen LogP contribution in [0.3, 0.4) is 0 Å². The Kier molecular flexibility index (Phi) is 8.25. The van der Waals surface area contributed by atoms with Crippen molar-refractivity contribution >= 4 is 29.9 Å². The number of hydrogen-bond acceptors (Lipinski definition) is 3. The van der Waals surface area contributed by atoms with E-state index in [0.29, 0.717) is 22.8 Å². The Hall–Kier alpha value is -1.56. The van der Waals surface area contributed by atoms with E-state index in [1.807, 2.05) is 18.2 Å². The van der Waals surface area contributed by atoms with Crippen LogP contribution in [0.25, 0.3) is 11.3 Å². The number of carbonyl (C=O) groups excluding carboxylic acids is 1. The van der Waals surface area contributed by atoms with Gasteiger partial charge >= 0.3 is 0 Å². The maximum absolute atomic E-state index is 12.6. The number of aromatic nitrogens is 2. The molecule has 1 atom stereocenters. The first-order chi connectivity index (χ1) is 11.1. The van der Waals surface area contributed by atoms with Gasteiger partial charge in [-0.25, -0.2) is 0 Å². The van der Waals surface area contributed by atoms with Gasteiger partial charge in [-0.2, -0.15) is 5.10 Å². The van der Waals surface area contributed by atoms with Crippen LogP contribution in [0.2, 0.25) is 5.02 Å². The van der Waals surface area contributed by atoms with Crippen molar-refractivity contribution in [2.24, 2.45) is 12.8 Å². The van der Waals surface area contributed by atoms with Gasteiger partial charge in [-0.1, -0.05) is 49.6 Å². The number of unbranched alkanes of at least 4 members (excludes halogenated alkanes) is 1. The predicted molar refractivity (Wildman–Crippen MR) is 101 cm³/mol. The Morgan fingerprint density at radius 3 is 2.75 bits per heavy atom. The highest BCUT2D eigenvalue weighted by atomic mass is 35.5. The normalized spacial score (nSPS) is 11.7. The van der Waals surface area contributed by atoms with E-state index < -0.39 is 0 Å². The van der Waals surface area contributed by atoms with Crippen molar-refractivity contribution in [3.63, 3.8) is 0 Å². The number of rotatable bonds is 7. The summed E-state index contributed by atoms with van der Waals surface area (Å²) >= 11 is 6.25. The highest BCUT2D eigenvalue weighted by Gasteiger charge is 2.20. The lowest BCUT2D eigenvalue weighted by Gasteiger charge is -2.16. The maximum Gasteiger partial charge on any atom is 0.255 e. The molecule has 0 saturated carbocycles. The number of nitrogens with zero attached hydrogens (tertiary/aromatic N) is 2. The second-order valence-corrected chi connectivity index (χ2v) is 6.00. The monoisotopic (exact) mass is 370 g/mol. The molecule has 1 amide bonds. The van der Waals surface area contributed by atoms with Gasteiger partial charge in [0.25, 0.3) is 5.91 Å². The zero-order chi connectivity index (χ0) is 16.8. The summed E-state index contributed by atoms with van der Waals surface area (Å²) in [5.41, 5.74) is 7.60. The van der Waals surface area contributed by atoms with E-state index in [1.54, 1.807) is 24.0 Å². The van der Waals surface area contributed by atoms with E-state index in [2.05, 4.69) is 17.3 Å². The van der Waals surface area contributed by atoms with E-state index >= 15 is 0 Å². The Morgan fingerprint density at radius 2 is 2.12 bits per heavy atom. The summed E-state index contributed by atoms with van der Waals surface area (Å²) in [6.45, 7) is 2.54. The number of nitrogens with one attached hydrogen (secondary N) is 1. The van der Waals surface area contributed by atoms with Crippen LogP contribution in [0.4, 0.5) is 0 Å². The summed E-state index contributed by atoms with van der Waals surface area (Å²) in [6.07, 6.45) is 4.69. The molecule has 1 aromatic carbocycles. The number of nitrogens with two attached hydrogens (primary N) is 1. The molecule has 0 aliphatic heterocycles. The lowest BCUT2D eigenvalue weighted by atomic mass is 10.1. The first-order valence-corrected chi connectivity index (χ1v) is 8.24. The minimum Gasteiger partial charge on any atom is -0.348 e. The zero-order valence-corrected chi connectivity index (χ0v) is 15.5. The molecule has 1 aromatic heterocycles. The Labute approximate surface area is 154 Å². The number of carbonyl (C=O) groups is 1. The number of halogens is 2. The Bertz CT molecular complexity index is 672. The SMILES string of the molecule is CCCCC(CN)NC(=O)c1cn(C)nc1-c1ccccc1Cl.Cl. The topological polar surface area (TPSA) is 72.9 Å². The molecule has 132 valence electrons. The van der Waals surface area contributed by atoms with Crippen molar-refractivity contribution in [1.82, 2.24) is 15.1 Å². The second-order valence-electron chi connectivity index (χ2n) is 5.59. The lowest BCUT2D eigenvalue weighted by molar-refractivity contribution is 0.0936. The van der Waals surface area contributed by atoms with Crippen molar-refractivity contribution < 1.29 is 4.79 Å². The third kappa shape index (κ3) is 4.97. The highest BCUT2D eigenvalue weighted by Crippen LogP contribution is 2.29. The van der Waals surface area contributed by atoms with Gasteiger partial charge in [0.15, 0.2) is 0 Å². The van der Waals surface area contributed by atoms with E-state index in [9.17, 15) is 4.79 Å². The predicted octanol–water partition coefficient (Wildman–Crippen LogP) is 3.41.